The molecule has 0 unspecified atom stereocenters. The molecule has 7 aliphatic rings. The molecular weight excluding hydrogens is 798 g/mol. The van der Waals surface area contributed by atoms with Gasteiger partial charge in [-0.25, -0.2) is 4.79 Å². The van der Waals surface area contributed by atoms with Crippen molar-refractivity contribution in [1.82, 2.24) is 15.1 Å². The van der Waals surface area contributed by atoms with Gasteiger partial charge < -0.3 is 25.0 Å². The fourth-order valence-corrected chi connectivity index (χ4v) is 15.8. The Kier molecular flexibility index (Phi) is 11.9. The standard InChI is InChI=1S/C52H76ClN3O6/c1-32(2)42-38(57)30-52(54-46(61)56(28-27-55-25-11-10-12-26-55)31-33-13-15-34(53)16-14-33)24-23-50(8)35(43(42)52)17-18-40-49(7)21-20-41(48(5,6)39(49)19-22-51(40,50)9)62-45(60)37-29-36(44(58)59)47(37,3)4/h13-16,32,35-37,39-41H,10-12,17-31H2,1-9H3,(H,54,61)(H,58,59)/t35-,36+,37-,39+,40-,41+,49+,50-,51-,52-/m1/s1. The maximum Gasteiger partial charge on any atom is 0.318 e. The largest absolute Gasteiger partial charge is 0.481 e. The molecule has 10 heteroatoms. The van der Waals surface area contributed by atoms with Crippen molar-refractivity contribution in [3.63, 3.8) is 0 Å². The summed E-state index contributed by atoms with van der Waals surface area (Å²) in [6.45, 7) is 24.5. The topological polar surface area (TPSA) is 116 Å². The molecule has 10 atom stereocenters. The quantitative estimate of drug-likeness (QED) is 0.225. The summed E-state index contributed by atoms with van der Waals surface area (Å²) in [6.07, 6.45) is 11.9. The van der Waals surface area contributed by atoms with Crippen molar-refractivity contribution in [2.75, 3.05) is 26.2 Å². The molecule has 9 nitrogen and oxygen atoms in total. The number of amides is 2. The second-order valence-corrected chi connectivity index (χ2v) is 23.9. The molecule has 6 fully saturated rings. The number of piperidine rings is 1. The van der Waals surface area contributed by atoms with Gasteiger partial charge in [-0.3, -0.25) is 14.4 Å². The molecule has 1 saturated heterocycles. The molecule has 1 heterocycles. The summed E-state index contributed by atoms with van der Waals surface area (Å²) in [5, 5.41) is 14.1. The van der Waals surface area contributed by atoms with Gasteiger partial charge in [-0.15, -0.1) is 0 Å². The molecule has 0 bridgehead atoms. The second-order valence-electron chi connectivity index (χ2n) is 23.4. The van der Waals surface area contributed by atoms with Crippen LogP contribution in [-0.2, 0) is 25.7 Å². The number of urea groups is 1. The smallest absolute Gasteiger partial charge is 0.318 e. The minimum absolute atomic E-state index is 0.0223. The third-order valence-corrected chi connectivity index (χ3v) is 19.8. The highest BCUT2D eigenvalue weighted by Gasteiger charge is 2.70. The number of nitrogens with one attached hydrogen (secondary N) is 1. The lowest BCUT2D eigenvalue weighted by atomic mass is 9.33. The highest BCUT2D eigenvalue weighted by atomic mass is 35.5. The third-order valence-electron chi connectivity index (χ3n) is 19.5. The monoisotopic (exact) mass is 874 g/mol. The van der Waals surface area contributed by atoms with E-state index < -0.39 is 22.8 Å². The van der Waals surface area contributed by atoms with Crippen LogP contribution in [0, 0.1) is 62.6 Å². The van der Waals surface area contributed by atoms with Crippen molar-refractivity contribution >= 4 is 35.4 Å². The van der Waals surface area contributed by atoms with Gasteiger partial charge in [-0.1, -0.05) is 92.5 Å². The Morgan fingerprint density at radius 2 is 1.55 bits per heavy atom. The van der Waals surface area contributed by atoms with Crippen LogP contribution < -0.4 is 5.32 Å². The van der Waals surface area contributed by atoms with Gasteiger partial charge in [0.1, 0.15) is 6.10 Å². The molecule has 1 aromatic rings. The summed E-state index contributed by atoms with van der Waals surface area (Å²) < 4.78 is 6.45. The van der Waals surface area contributed by atoms with Crippen LogP contribution in [0.1, 0.15) is 151 Å². The van der Waals surface area contributed by atoms with Gasteiger partial charge in [-0.2, -0.15) is 0 Å². The van der Waals surface area contributed by atoms with Crippen LogP contribution in [0.5, 0.6) is 0 Å². The highest BCUT2D eigenvalue weighted by molar-refractivity contribution is 6.30. The number of carbonyl (C=O) groups is 4. The molecule has 62 heavy (non-hydrogen) atoms. The molecule has 8 rings (SSSR count). The van der Waals surface area contributed by atoms with E-state index in [0.29, 0.717) is 42.8 Å². The van der Waals surface area contributed by atoms with Gasteiger partial charge in [0.15, 0.2) is 5.78 Å². The zero-order chi connectivity index (χ0) is 44.8. The lowest BCUT2D eigenvalue weighted by Crippen LogP contribution is -2.67. The van der Waals surface area contributed by atoms with Crippen LogP contribution in [0.15, 0.2) is 35.4 Å². The first-order valence-electron chi connectivity index (χ1n) is 24.3. The lowest BCUT2D eigenvalue weighted by Gasteiger charge is -2.72. The Balaban J connectivity index is 1.04. The first-order chi connectivity index (χ1) is 29.1. The van der Waals surface area contributed by atoms with Crippen molar-refractivity contribution in [2.24, 2.45) is 62.6 Å². The molecular formula is C52H76ClN3O6. The van der Waals surface area contributed by atoms with Crippen LogP contribution in [-0.4, -0.2) is 76.5 Å². The van der Waals surface area contributed by atoms with Crippen LogP contribution in [0.25, 0.3) is 0 Å². The number of benzene rings is 1. The number of aliphatic carboxylic acids is 1. The Morgan fingerprint density at radius 3 is 2.19 bits per heavy atom. The zero-order valence-corrected chi connectivity index (χ0v) is 40.1. The van der Waals surface area contributed by atoms with E-state index in [-0.39, 0.29) is 63.3 Å². The van der Waals surface area contributed by atoms with Crippen molar-refractivity contribution in [2.45, 2.75) is 164 Å². The summed E-state index contributed by atoms with van der Waals surface area (Å²) in [5.41, 5.74) is 1.74. The van der Waals surface area contributed by atoms with Gasteiger partial charge in [0.2, 0.25) is 0 Å². The number of halogens is 1. The van der Waals surface area contributed by atoms with E-state index in [1.165, 1.54) is 24.8 Å². The van der Waals surface area contributed by atoms with E-state index in [4.69, 9.17) is 16.3 Å². The number of carboxylic acids is 1. The van der Waals surface area contributed by atoms with Crippen LogP contribution in [0.3, 0.4) is 0 Å². The average Bonchev–Trinajstić information content (AvgIpc) is 3.50. The Hall–Kier alpha value is -2.91. The predicted octanol–water partition coefficient (Wildman–Crippen LogP) is 10.7. The Bertz CT molecular complexity index is 1970. The number of carboxylic acid groups (broad SMARTS) is 1. The van der Waals surface area contributed by atoms with E-state index in [2.05, 4.69) is 58.7 Å². The molecule has 1 aliphatic heterocycles. The third kappa shape index (κ3) is 7.28. The summed E-state index contributed by atoms with van der Waals surface area (Å²) in [5.74, 6) is -0.643. The number of allylic oxidation sites excluding steroid dienone is 1. The number of hydrogen-bond acceptors (Lipinski definition) is 6. The maximum absolute atomic E-state index is 14.9. The van der Waals surface area contributed by atoms with Crippen LogP contribution >= 0.6 is 11.6 Å². The summed E-state index contributed by atoms with van der Waals surface area (Å²) >= 11 is 6.28. The number of esters is 1. The van der Waals surface area contributed by atoms with E-state index >= 15 is 0 Å². The lowest BCUT2D eigenvalue weighted by molar-refractivity contribution is -0.235. The number of Topliss-reactive ketones (excluding diaryl/α,β-unsaturated/α-hetero) is 1. The van der Waals surface area contributed by atoms with Crippen molar-refractivity contribution < 1.29 is 29.0 Å². The van der Waals surface area contributed by atoms with E-state index in [1.807, 2.05) is 43.0 Å². The number of ketones is 1. The molecule has 2 amide bonds. The van der Waals surface area contributed by atoms with Gasteiger partial charge in [0.05, 0.1) is 17.4 Å². The number of nitrogens with zero attached hydrogens (tertiary/aromatic N) is 2. The molecule has 0 aromatic heterocycles. The number of rotatable bonds is 10. The minimum atomic E-state index is -0.832. The number of carbonyl (C=O) groups excluding carboxylic acids is 3. The maximum atomic E-state index is 14.9. The summed E-state index contributed by atoms with van der Waals surface area (Å²) in [4.78, 5) is 59.3. The van der Waals surface area contributed by atoms with Gasteiger partial charge >= 0.3 is 18.0 Å². The molecule has 342 valence electrons. The van der Waals surface area contributed by atoms with Crippen molar-refractivity contribution in [1.29, 1.82) is 0 Å². The van der Waals surface area contributed by atoms with Crippen LogP contribution in [0.4, 0.5) is 4.79 Å². The SMILES string of the molecule is CC(C)C1=C2[C@H]3CC[C@@H]4[C@@]5(C)CC[C@H](OC(=O)[C@H]6C[C@@H](C(=O)O)C6(C)C)C(C)(C)[C@@H]5CC[C@@]4(C)[C@]3(C)CC[C@@]2(NC(=O)N(CCN2CCCCC2)Cc2ccc(Cl)cc2)CC1=O. The second kappa shape index (κ2) is 16.2. The van der Waals surface area contributed by atoms with Gasteiger partial charge in [0.25, 0.3) is 0 Å². The number of fused-ring (bicyclic) bond motifs is 7. The molecule has 2 N–H and O–H groups in total. The molecule has 0 spiro atoms. The van der Waals surface area contributed by atoms with Crippen LogP contribution in [0.2, 0.25) is 5.02 Å². The van der Waals surface area contributed by atoms with Gasteiger partial charge in [0, 0.05) is 36.5 Å². The molecule has 5 saturated carbocycles. The zero-order valence-electron chi connectivity index (χ0n) is 39.3. The summed E-state index contributed by atoms with van der Waals surface area (Å²) in [7, 11) is 0. The molecule has 0 radical (unpaired) electrons. The van der Waals surface area contributed by atoms with Crippen molar-refractivity contribution in [3.8, 4) is 0 Å². The predicted molar refractivity (Wildman–Crippen MR) is 243 cm³/mol. The Labute approximate surface area is 376 Å². The minimum Gasteiger partial charge on any atom is -0.481 e. The fourth-order valence-electron chi connectivity index (χ4n) is 15.7. The number of hydrogen-bond donors (Lipinski definition) is 2. The van der Waals surface area contributed by atoms with Gasteiger partial charge in [-0.05, 0) is 158 Å². The first-order valence-corrected chi connectivity index (χ1v) is 24.7. The van der Waals surface area contributed by atoms with E-state index in [9.17, 15) is 24.3 Å². The first kappa shape index (κ1) is 45.7. The fraction of sp³-hybridized carbons (Fsp3) is 0.769. The summed E-state index contributed by atoms with van der Waals surface area (Å²) in [6, 6.07) is 7.73. The van der Waals surface area contributed by atoms with Crippen molar-refractivity contribution in [3.05, 3.63) is 46.0 Å². The Morgan fingerprint density at radius 1 is 0.855 bits per heavy atom. The number of likely N-dealkylation sites (tertiary alicyclic amines) is 1. The van der Waals surface area contributed by atoms with E-state index in [1.54, 1.807) is 0 Å². The highest BCUT2D eigenvalue weighted by Crippen LogP contribution is 2.76. The normalized spacial score (nSPS) is 38.5. The average molecular weight is 875 g/mol. The number of ether oxygens (including phenoxy) is 1. The van der Waals surface area contributed by atoms with E-state index in [0.717, 1.165) is 82.1 Å². The molecule has 1 aromatic carbocycles. The molecule has 6 aliphatic carbocycles.